The number of benzene rings is 1. The van der Waals surface area contributed by atoms with E-state index in [2.05, 4.69) is 6.92 Å². The molecule has 16 heavy (non-hydrogen) atoms. The van der Waals surface area contributed by atoms with E-state index >= 15 is 0 Å². The number of carbonyl (C=O) groups is 1. The number of rotatable bonds is 1. The van der Waals surface area contributed by atoms with Crippen LogP contribution in [0.5, 0.6) is 0 Å². The van der Waals surface area contributed by atoms with Crippen molar-refractivity contribution < 1.29 is 4.79 Å². The van der Waals surface area contributed by atoms with E-state index in [4.69, 9.17) is 5.73 Å². The predicted octanol–water partition coefficient (Wildman–Crippen LogP) is 2.14. The number of carbonyl (C=O) groups excluding carboxylic acids is 1. The minimum absolute atomic E-state index is 0.131. The van der Waals surface area contributed by atoms with Gasteiger partial charge in [0.2, 0.25) is 0 Å². The van der Waals surface area contributed by atoms with Crippen molar-refractivity contribution in [2.45, 2.75) is 19.8 Å². The number of amides is 1. The Morgan fingerprint density at radius 3 is 2.69 bits per heavy atom. The predicted molar refractivity (Wildman–Crippen MR) is 65.2 cm³/mol. The highest BCUT2D eigenvalue weighted by atomic mass is 16.2. The smallest absolute Gasteiger partial charge is 0.253 e. The van der Waals surface area contributed by atoms with E-state index in [0.717, 1.165) is 25.1 Å². The molecule has 3 nitrogen and oxygen atoms in total. The topological polar surface area (TPSA) is 46.3 Å². The summed E-state index contributed by atoms with van der Waals surface area (Å²) in [5.74, 6) is 0.748. The molecule has 1 atom stereocenters. The molecule has 1 amide bonds. The molecule has 0 aliphatic carbocycles. The summed E-state index contributed by atoms with van der Waals surface area (Å²) < 4.78 is 0. The molecular weight excluding hydrogens is 200 g/mol. The van der Waals surface area contributed by atoms with Crippen molar-refractivity contribution in [3.63, 3.8) is 0 Å². The van der Waals surface area contributed by atoms with Gasteiger partial charge < -0.3 is 10.6 Å². The van der Waals surface area contributed by atoms with Crippen LogP contribution in [0, 0.1) is 5.92 Å². The van der Waals surface area contributed by atoms with Gasteiger partial charge in [0.15, 0.2) is 0 Å². The minimum Gasteiger partial charge on any atom is -0.399 e. The lowest BCUT2D eigenvalue weighted by Crippen LogP contribution is -2.39. The Morgan fingerprint density at radius 2 is 2.06 bits per heavy atom. The van der Waals surface area contributed by atoms with Gasteiger partial charge in [-0.05, 0) is 43.0 Å². The molecule has 1 aliphatic rings. The SMILES string of the molecule is CC1CCCN(C(=O)c2ccc(N)cc2)C1. The summed E-state index contributed by atoms with van der Waals surface area (Å²) in [6.07, 6.45) is 2.34. The monoisotopic (exact) mass is 218 g/mol. The summed E-state index contributed by atoms with van der Waals surface area (Å²) >= 11 is 0. The van der Waals surface area contributed by atoms with Gasteiger partial charge in [0, 0.05) is 24.3 Å². The van der Waals surface area contributed by atoms with Gasteiger partial charge in [-0.1, -0.05) is 6.92 Å². The van der Waals surface area contributed by atoms with Crippen LogP contribution in [0.3, 0.4) is 0 Å². The fourth-order valence-electron chi connectivity index (χ4n) is 2.18. The summed E-state index contributed by atoms with van der Waals surface area (Å²) in [4.78, 5) is 14.1. The van der Waals surface area contributed by atoms with Crippen LogP contribution in [0.25, 0.3) is 0 Å². The summed E-state index contributed by atoms with van der Waals surface area (Å²) in [7, 11) is 0. The molecular formula is C13H18N2O. The quantitative estimate of drug-likeness (QED) is 0.734. The highest BCUT2D eigenvalue weighted by Crippen LogP contribution is 2.18. The first kappa shape index (κ1) is 11.0. The molecule has 2 N–H and O–H groups in total. The molecule has 0 bridgehead atoms. The summed E-state index contributed by atoms with van der Waals surface area (Å²) in [6, 6.07) is 7.16. The first-order valence-electron chi connectivity index (χ1n) is 5.81. The second kappa shape index (κ2) is 4.56. The molecule has 1 saturated heterocycles. The molecule has 0 aromatic heterocycles. The van der Waals surface area contributed by atoms with E-state index in [1.165, 1.54) is 6.42 Å². The highest BCUT2D eigenvalue weighted by Gasteiger charge is 2.21. The molecule has 2 rings (SSSR count). The maximum atomic E-state index is 12.1. The molecule has 0 saturated carbocycles. The first-order valence-corrected chi connectivity index (χ1v) is 5.81. The lowest BCUT2D eigenvalue weighted by Gasteiger charge is -2.31. The van der Waals surface area contributed by atoms with Crippen molar-refractivity contribution in [3.05, 3.63) is 29.8 Å². The van der Waals surface area contributed by atoms with E-state index in [-0.39, 0.29) is 5.91 Å². The summed E-state index contributed by atoms with van der Waals surface area (Å²) in [6.45, 7) is 3.96. The number of hydrogen-bond acceptors (Lipinski definition) is 2. The Hall–Kier alpha value is -1.51. The van der Waals surface area contributed by atoms with Crippen LogP contribution in [0.4, 0.5) is 5.69 Å². The third-order valence-corrected chi connectivity index (χ3v) is 3.10. The molecule has 1 aromatic rings. The summed E-state index contributed by atoms with van der Waals surface area (Å²) in [5.41, 5.74) is 7.04. The minimum atomic E-state index is 0.131. The summed E-state index contributed by atoms with van der Waals surface area (Å²) in [5, 5.41) is 0. The maximum absolute atomic E-state index is 12.1. The van der Waals surface area contributed by atoms with E-state index in [1.807, 2.05) is 4.90 Å². The van der Waals surface area contributed by atoms with E-state index in [1.54, 1.807) is 24.3 Å². The average Bonchev–Trinajstić information content (AvgIpc) is 2.29. The van der Waals surface area contributed by atoms with Crippen LogP contribution in [0.1, 0.15) is 30.1 Å². The number of likely N-dealkylation sites (tertiary alicyclic amines) is 1. The van der Waals surface area contributed by atoms with Crippen molar-refractivity contribution in [2.24, 2.45) is 5.92 Å². The molecule has 0 spiro atoms. The van der Waals surface area contributed by atoms with Crippen molar-refractivity contribution in [1.82, 2.24) is 4.90 Å². The Morgan fingerprint density at radius 1 is 1.38 bits per heavy atom. The molecule has 1 unspecified atom stereocenters. The van der Waals surface area contributed by atoms with E-state index < -0.39 is 0 Å². The third kappa shape index (κ3) is 2.35. The molecule has 86 valence electrons. The first-order chi connectivity index (χ1) is 7.66. The van der Waals surface area contributed by atoms with Gasteiger partial charge in [-0.3, -0.25) is 4.79 Å². The van der Waals surface area contributed by atoms with Crippen LogP contribution >= 0.6 is 0 Å². The number of nitrogens with zero attached hydrogens (tertiary/aromatic N) is 1. The highest BCUT2D eigenvalue weighted by molar-refractivity contribution is 5.94. The van der Waals surface area contributed by atoms with Crippen LogP contribution < -0.4 is 5.73 Å². The van der Waals surface area contributed by atoms with Gasteiger partial charge in [0.1, 0.15) is 0 Å². The molecule has 0 radical (unpaired) electrons. The standard InChI is InChI=1S/C13H18N2O/c1-10-3-2-8-15(9-10)13(16)11-4-6-12(14)7-5-11/h4-7,10H,2-3,8-9,14H2,1H3. The van der Waals surface area contributed by atoms with Crippen LogP contribution in [-0.2, 0) is 0 Å². The Kier molecular flexibility index (Phi) is 3.13. The van der Waals surface area contributed by atoms with Gasteiger partial charge in [-0.2, -0.15) is 0 Å². The average molecular weight is 218 g/mol. The van der Waals surface area contributed by atoms with E-state index in [0.29, 0.717) is 11.6 Å². The van der Waals surface area contributed by atoms with Crippen LogP contribution in [0.2, 0.25) is 0 Å². The lowest BCUT2D eigenvalue weighted by molar-refractivity contribution is 0.0683. The second-order valence-corrected chi connectivity index (χ2v) is 4.62. The van der Waals surface area contributed by atoms with Crippen LogP contribution in [-0.4, -0.2) is 23.9 Å². The van der Waals surface area contributed by atoms with Crippen molar-refractivity contribution >= 4 is 11.6 Å². The largest absolute Gasteiger partial charge is 0.399 e. The van der Waals surface area contributed by atoms with Crippen LogP contribution in [0.15, 0.2) is 24.3 Å². The number of nitrogens with two attached hydrogens (primary N) is 1. The van der Waals surface area contributed by atoms with Gasteiger partial charge in [0.05, 0.1) is 0 Å². The van der Waals surface area contributed by atoms with Crippen molar-refractivity contribution in [2.75, 3.05) is 18.8 Å². The normalized spacial score (nSPS) is 20.8. The Labute approximate surface area is 96.2 Å². The zero-order valence-corrected chi connectivity index (χ0v) is 9.65. The van der Waals surface area contributed by atoms with E-state index in [9.17, 15) is 4.79 Å². The Bertz CT molecular complexity index is 372. The zero-order valence-electron chi connectivity index (χ0n) is 9.65. The van der Waals surface area contributed by atoms with Crippen molar-refractivity contribution in [1.29, 1.82) is 0 Å². The zero-order chi connectivity index (χ0) is 11.5. The molecule has 1 aromatic carbocycles. The maximum Gasteiger partial charge on any atom is 0.253 e. The second-order valence-electron chi connectivity index (χ2n) is 4.62. The Balaban J connectivity index is 2.09. The molecule has 1 aliphatic heterocycles. The molecule has 1 heterocycles. The fraction of sp³-hybridized carbons (Fsp3) is 0.462. The number of piperidine rings is 1. The molecule has 1 fully saturated rings. The molecule has 3 heteroatoms. The fourth-order valence-corrected chi connectivity index (χ4v) is 2.18. The van der Waals surface area contributed by atoms with Gasteiger partial charge in [-0.15, -0.1) is 0 Å². The number of nitrogen functional groups attached to an aromatic ring is 1. The van der Waals surface area contributed by atoms with Gasteiger partial charge >= 0.3 is 0 Å². The third-order valence-electron chi connectivity index (χ3n) is 3.10. The van der Waals surface area contributed by atoms with Gasteiger partial charge in [-0.25, -0.2) is 0 Å². The van der Waals surface area contributed by atoms with Crippen molar-refractivity contribution in [3.8, 4) is 0 Å². The number of anilines is 1. The van der Waals surface area contributed by atoms with Gasteiger partial charge in [0.25, 0.3) is 5.91 Å². The lowest BCUT2D eigenvalue weighted by atomic mass is 9.99. The number of hydrogen-bond donors (Lipinski definition) is 1.